The lowest BCUT2D eigenvalue weighted by Gasteiger charge is -2.07. The SMILES string of the molecule is Cc1ccc(Cn2ccccc2=NC(=O)c2ccc(Cl)nc2)cc1. The van der Waals surface area contributed by atoms with Gasteiger partial charge in [-0.3, -0.25) is 4.79 Å². The summed E-state index contributed by atoms with van der Waals surface area (Å²) in [5.74, 6) is -0.344. The predicted octanol–water partition coefficient (Wildman–Crippen LogP) is 3.63. The minimum absolute atomic E-state index is 0.344. The van der Waals surface area contributed by atoms with Gasteiger partial charge in [0.25, 0.3) is 5.91 Å². The summed E-state index contributed by atoms with van der Waals surface area (Å²) in [7, 11) is 0. The van der Waals surface area contributed by atoms with E-state index in [9.17, 15) is 4.79 Å². The van der Waals surface area contributed by atoms with Crippen LogP contribution in [-0.4, -0.2) is 15.5 Å². The predicted molar refractivity (Wildman–Crippen MR) is 93.9 cm³/mol. The first-order valence-electron chi connectivity index (χ1n) is 7.53. The molecular weight excluding hydrogens is 322 g/mol. The number of rotatable bonds is 3. The van der Waals surface area contributed by atoms with E-state index in [1.807, 2.05) is 29.0 Å². The van der Waals surface area contributed by atoms with Crippen molar-refractivity contribution in [2.24, 2.45) is 4.99 Å². The highest BCUT2D eigenvalue weighted by molar-refractivity contribution is 6.29. The highest BCUT2D eigenvalue weighted by atomic mass is 35.5. The van der Waals surface area contributed by atoms with Gasteiger partial charge in [-0.05, 0) is 36.8 Å². The number of nitrogens with zero attached hydrogens (tertiary/aromatic N) is 3. The van der Waals surface area contributed by atoms with E-state index in [2.05, 4.69) is 41.2 Å². The number of carbonyl (C=O) groups excluding carboxylic acids is 1. The van der Waals surface area contributed by atoms with E-state index in [0.29, 0.717) is 22.7 Å². The van der Waals surface area contributed by atoms with Crippen LogP contribution in [0.15, 0.2) is 72.0 Å². The molecule has 0 bridgehead atoms. The molecule has 0 saturated carbocycles. The summed E-state index contributed by atoms with van der Waals surface area (Å²) < 4.78 is 1.94. The maximum atomic E-state index is 12.3. The second-order valence-electron chi connectivity index (χ2n) is 5.46. The Kier molecular flexibility index (Phi) is 4.87. The molecule has 0 aliphatic carbocycles. The summed E-state index contributed by atoms with van der Waals surface area (Å²) in [4.78, 5) is 20.4. The second kappa shape index (κ2) is 7.23. The lowest BCUT2D eigenvalue weighted by molar-refractivity contribution is 0.0997. The Labute approximate surface area is 145 Å². The Hall–Kier alpha value is -2.72. The molecule has 24 heavy (non-hydrogen) atoms. The van der Waals surface area contributed by atoms with Crippen LogP contribution >= 0.6 is 11.6 Å². The summed E-state index contributed by atoms with van der Waals surface area (Å²) in [6.45, 7) is 2.70. The van der Waals surface area contributed by atoms with Crippen LogP contribution in [0.1, 0.15) is 21.5 Å². The summed E-state index contributed by atoms with van der Waals surface area (Å²) in [6.07, 6.45) is 3.34. The highest BCUT2D eigenvalue weighted by Gasteiger charge is 2.05. The van der Waals surface area contributed by atoms with E-state index >= 15 is 0 Å². The Morgan fingerprint density at radius 2 is 1.92 bits per heavy atom. The summed E-state index contributed by atoms with van der Waals surface area (Å²) >= 11 is 5.75. The minimum atomic E-state index is -0.344. The van der Waals surface area contributed by atoms with Gasteiger partial charge in [0, 0.05) is 18.9 Å². The van der Waals surface area contributed by atoms with Gasteiger partial charge < -0.3 is 4.57 Å². The van der Waals surface area contributed by atoms with Gasteiger partial charge in [-0.15, -0.1) is 0 Å². The van der Waals surface area contributed by atoms with Crippen molar-refractivity contribution >= 4 is 17.5 Å². The topological polar surface area (TPSA) is 47.2 Å². The Morgan fingerprint density at radius 3 is 2.62 bits per heavy atom. The van der Waals surface area contributed by atoms with E-state index in [1.54, 1.807) is 12.1 Å². The smallest absolute Gasteiger partial charge is 0.280 e. The van der Waals surface area contributed by atoms with Gasteiger partial charge in [0.2, 0.25) is 0 Å². The zero-order chi connectivity index (χ0) is 16.9. The zero-order valence-electron chi connectivity index (χ0n) is 13.2. The van der Waals surface area contributed by atoms with Gasteiger partial charge in [0.15, 0.2) is 0 Å². The van der Waals surface area contributed by atoms with Gasteiger partial charge in [-0.25, -0.2) is 4.98 Å². The first-order valence-corrected chi connectivity index (χ1v) is 7.91. The molecule has 0 unspecified atom stereocenters. The molecule has 0 aliphatic heterocycles. The highest BCUT2D eigenvalue weighted by Crippen LogP contribution is 2.07. The third-order valence-corrected chi connectivity index (χ3v) is 3.80. The molecule has 2 aromatic heterocycles. The number of halogens is 1. The van der Waals surface area contributed by atoms with E-state index < -0.39 is 0 Å². The summed E-state index contributed by atoms with van der Waals surface area (Å²) in [5.41, 5.74) is 3.36. The number of amides is 1. The van der Waals surface area contributed by atoms with Crippen molar-refractivity contribution in [2.45, 2.75) is 13.5 Å². The van der Waals surface area contributed by atoms with Crippen LogP contribution in [0, 0.1) is 6.92 Å². The van der Waals surface area contributed by atoms with Crippen molar-refractivity contribution < 1.29 is 4.79 Å². The van der Waals surface area contributed by atoms with Gasteiger partial charge >= 0.3 is 0 Å². The molecule has 3 aromatic rings. The van der Waals surface area contributed by atoms with Crippen molar-refractivity contribution in [3.63, 3.8) is 0 Å². The third-order valence-electron chi connectivity index (χ3n) is 3.58. The normalized spacial score (nSPS) is 11.5. The van der Waals surface area contributed by atoms with Crippen LogP contribution in [0.5, 0.6) is 0 Å². The number of hydrogen-bond acceptors (Lipinski definition) is 2. The van der Waals surface area contributed by atoms with E-state index in [-0.39, 0.29) is 5.91 Å². The number of benzene rings is 1. The molecule has 4 nitrogen and oxygen atoms in total. The van der Waals surface area contributed by atoms with Crippen LogP contribution < -0.4 is 5.49 Å². The molecule has 0 fully saturated rings. The van der Waals surface area contributed by atoms with Gasteiger partial charge in [0.05, 0.1) is 5.56 Å². The lowest BCUT2D eigenvalue weighted by atomic mass is 10.1. The van der Waals surface area contributed by atoms with Crippen molar-refractivity contribution in [1.29, 1.82) is 0 Å². The molecule has 0 N–H and O–H groups in total. The molecule has 120 valence electrons. The standard InChI is InChI=1S/C19H16ClN3O/c1-14-5-7-15(8-6-14)13-23-11-3-2-4-18(23)22-19(24)16-9-10-17(20)21-12-16/h2-12H,13H2,1H3. The Balaban J connectivity index is 1.92. The zero-order valence-corrected chi connectivity index (χ0v) is 13.9. The molecule has 1 amide bonds. The van der Waals surface area contributed by atoms with E-state index in [1.165, 1.54) is 11.8 Å². The van der Waals surface area contributed by atoms with Gasteiger partial charge in [0.1, 0.15) is 10.6 Å². The monoisotopic (exact) mass is 337 g/mol. The molecule has 0 atom stereocenters. The summed E-state index contributed by atoms with van der Waals surface area (Å²) in [5, 5.41) is 0.348. The Bertz CT molecular complexity index is 912. The fourth-order valence-corrected chi connectivity index (χ4v) is 2.38. The fraction of sp³-hybridized carbons (Fsp3) is 0.105. The van der Waals surface area contributed by atoms with E-state index in [0.717, 1.165) is 5.56 Å². The maximum absolute atomic E-state index is 12.3. The molecule has 1 aromatic carbocycles. The van der Waals surface area contributed by atoms with E-state index in [4.69, 9.17) is 11.6 Å². The van der Waals surface area contributed by atoms with Crippen molar-refractivity contribution in [3.05, 3.63) is 94.3 Å². The second-order valence-corrected chi connectivity index (χ2v) is 5.85. The Morgan fingerprint density at radius 1 is 1.12 bits per heavy atom. The van der Waals surface area contributed by atoms with Crippen molar-refractivity contribution in [3.8, 4) is 0 Å². The third kappa shape index (κ3) is 3.97. The van der Waals surface area contributed by atoms with Crippen molar-refractivity contribution in [1.82, 2.24) is 9.55 Å². The van der Waals surface area contributed by atoms with Gasteiger partial charge in [-0.2, -0.15) is 4.99 Å². The first-order chi connectivity index (χ1) is 11.6. The van der Waals surface area contributed by atoms with Crippen LogP contribution in [0.3, 0.4) is 0 Å². The number of carbonyl (C=O) groups is 1. The average Bonchev–Trinajstić information content (AvgIpc) is 2.59. The molecule has 2 heterocycles. The molecule has 0 radical (unpaired) electrons. The number of pyridine rings is 2. The maximum Gasteiger partial charge on any atom is 0.280 e. The quantitative estimate of drug-likeness (QED) is 0.685. The summed E-state index contributed by atoms with van der Waals surface area (Å²) in [6, 6.07) is 17.1. The van der Waals surface area contributed by atoms with Crippen LogP contribution in [0.4, 0.5) is 0 Å². The van der Waals surface area contributed by atoms with Gasteiger partial charge in [-0.1, -0.05) is 47.5 Å². The fourth-order valence-electron chi connectivity index (χ4n) is 2.26. The average molecular weight is 338 g/mol. The van der Waals surface area contributed by atoms with Crippen LogP contribution in [-0.2, 0) is 6.54 Å². The molecule has 3 rings (SSSR count). The number of aromatic nitrogens is 2. The van der Waals surface area contributed by atoms with Crippen LogP contribution in [0.2, 0.25) is 5.15 Å². The number of hydrogen-bond donors (Lipinski definition) is 0. The largest absolute Gasteiger partial charge is 0.328 e. The minimum Gasteiger partial charge on any atom is -0.328 e. The molecular formula is C19H16ClN3O. The molecule has 0 spiro atoms. The van der Waals surface area contributed by atoms with Crippen LogP contribution in [0.25, 0.3) is 0 Å². The number of aryl methyl sites for hydroxylation is 1. The lowest BCUT2D eigenvalue weighted by Crippen LogP contribution is -2.22. The first kappa shape index (κ1) is 16.1. The molecule has 0 saturated heterocycles. The van der Waals surface area contributed by atoms with Crippen molar-refractivity contribution in [2.75, 3.05) is 0 Å². The molecule has 0 aliphatic rings. The molecule has 5 heteroatoms.